The molecule has 166 valence electrons. The van der Waals surface area contributed by atoms with Crippen LogP contribution < -0.4 is 10.6 Å². The lowest BCUT2D eigenvalue weighted by Crippen LogP contribution is -2.40. The van der Waals surface area contributed by atoms with Crippen molar-refractivity contribution in [3.8, 4) is 11.5 Å². The average Bonchev–Trinajstić information content (AvgIpc) is 3.32. The number of nitrogens with one attached hydrogen (secondary N) is 2. The van der Waals surface area contributed by atoms with Crippen LogP contribution in [-0.4, -0.2) is 58.8 Å². The molecule has 0 spiro atoms. The number of methoxy groups -OCH3 is 1. The Bertz CT molecular complexity index is 1050. The summed E-state index contributed by atoms with van der Waals surface area (Å²) in [7, 11) is 1.46. The van der Waals surface area contributed by atoms with Crippen LogP contribution >= 0.6 is 0 Å². The average molecular weight is 436 g/mol. The molecular weight excluding hydrogens is 412 g/mol. The maximum absolute atomic E-state index is 12.6. The highest BCUT2D eigenvalue weighted by Gasteiger charge is 2.28. The van der Waals surface area contributed by atoms with Gasteiger partial charge in [0.1, 0.15) is 12.3 Å². The fourth-order valence-electron chi connectivity index (χ4n) is 3.50. The van der Waals surface area contributed by atoms with Crippen LogP contribution in [0, 0.1) is 0 Å². The Hall–Kier alpha value is -3.79. The Kier molecular flexibility index (Phi) is 6.71. The molecule has 10 heteroatoms. The fraction of sp³-hybridized carbons (Fsp3) is 0.318. The summed E-state index contributed by atoms with van der Waals surface area (Å²) in [6.45, 7) is 1.16. The quantitative estimate of drug-likeness (QED) is 0.609. The van der Waals surface area contributed by atoms with E-state index < -0.39 is 0 Å². The number of benzene rings is 1. The van der Waals surface area contributed by atoms with E-state index in [2.05, 4.69) is 25.8 Å². The Labute approximate surface area is 185 Å². The highest BCUT2D eigenvalue weighted by molar-refractivity contribution is 5.93. The Morgan fingerprint density at radius 2 is 1.81 bits per heavy atom. The number of amides is 3. The summed E-state index contributed by atoms with van der Waals surface area (Å²) >= 11 is 0. The van der Waals surface area contributed by atoms with Crippen LogP contribution in [0.3, 0.4) is 0 Å². The van der Waals surface area contributed by atoms with Crippen LogP contribution in [0.15, 0.2) is 53.2 Å². The van der Waals surface area contributed by atoms with Crippen LogP contribution in [-0.2, 0) is 9.53 Å². The van der Waals surface area contributed by atoms with Crippen LogP contribution in [0.4, 0.5) is 16.2 Å². The molecule has 1 aromatic carbocycles. The molecule has 3 amide bonds. The van der Waals surface area contributed by atoms with Crippen molar-refractivity contribution in [2.45, 2.75) is 18.8 Å². The molecule has 2 N–H and O–H groups in total. The molecule has 32 heavy (non-hydrogen) atoms. The number of aromatic nitrogens is 3. The second-order valence-corrected chi connectivity index (χ2v) is 7.42. The van der Waals surface area contributed by atoms with E-state index in [1.54, 1.807) is 35.4 Å². The molecule has 3 heterocycles. The summed E-state index contributed by atoms with van der Waals surface area (Å²) in [4.78, 5) is 34.7. The van der Waals surface area contributed by atoms with Crippen LogP contribution in [0.5, 0.6) is 0 Å². The van der Waals surface area contributed by atoms with Gasteiger partial charge in [0.2, 0.25) is 17.6 Å². The first-order valence-corrected chi connectivity index (χ1v) is 10.3. The molecule has 0 radical (unpaired) electrons. The number of anilines is 2. The van der Waals surface area contributed by atoms with Gasteiger partial charge in [0.15, 0.2) is 0 Å². The summed E-state index contributed by atoms with van der Waals surface area (Å²) in [5.74, 6) is 0.930. The molecule has 2 aromatic heterocycles. The third kappa shape index (κ3) is 5.27. The first kappa shape index (κ1) is 21.4. The van der Waals surface area contributed by atoms with E-state index in [1.807, 2.05) is 18.2 Å². The lowest BCUT2D eigenvalue weighted by atomic mass is 9.97. The number of urea groups is 1. The minimum atomic E-state index is -0.236. The maximum atomic E-state index is 12.6. The molecule has 1 fully saturated rings. The summed E-state index contributed by atoms with van der Waals surface area (Å²) in [6, 6.07) is 12.3. The van der Waals surface area contributed by atoms with E-state index in [1.165, 1.54) is 7.11 Å². The lowest BCUT2D eigenvalue weighted by Gasteiger charge is -2.30. The number of piperidine rings is 1. The molecule has 1 aliphatic heterocycles. The predicted molar refractivity (Wildman–Crippen MR) is 117 cm³/mol. The predicted octanol–water partition coefficient (Wildman–Crippen LogP) is 3.13. The van der Waals surface area contributed by atoms with Crippen molar-refractivity contribution in [1.82, 2.24) is 20.0 Å². The summed E-state index contributed by atoms with van der Waals surface area (Å²) in [5, 5.41) is 9.63. The molecule has 0 aliphatic carbocycles. The number of carbonyl (C=O) groups excluding carboxylic acids is 2. The minimum absolute atomic E-state index is 0.0114. The zero-order chi connectivity index (χ0) is 22.3. The number of carbonyl (C=O) groups is 2. The van der Waals surface area contributed by atoms with E-state index in [0.29, 0.717) is 41.9 Å². The highest BCUT2D eigenvalue weighted by atomic mass is 16.5. The second-order valence-electron chi connectivity index (χ2n) is 7.42. The van der Waals surface area contributed by atoms with Gasteiger partial charge in [-0.05, 0) is 49.2 Å². The van der Waals surface area contributed by atoms with E-state index in [9.17, 15) is 9.59 Å². The van der Waals surface area contributed by atoms with E-state index >= 15 is 0 Å². The molecule has 0 atom stereocenters. The normalized spacial score (nSPS) is 14.2. The fourth-order valence-corrected chi connectivity index (χ4v) is 3.50. The molecule has 1 saturated heterocycles. The van der Waals surface area contributed by atoms with Crippen molar-refractivity contribution in [1.29, 1.82) is 0 Å². The van der Waals surface area contributed by atoms with E-state index in [4.69, 9.17) is 9.26 Å². The third-order valence-corrected chi connectivity index (χ3v) is 5.16. The van der Waals surface area contributed by atoms with Crippen LogP contribution in [0.25, 0.3) is 11.5 Å². The van der Waals surface area contributed by atoms with Crippen molar-refractivity contribution < 1.29 is 18.8 Å². The largest absolute Gasteiger partial charge is 0.375 e. The lowest BCUT2D eigenvalue weighted by molar-refractivity contribution is -0.119. The smallest absolute Gasteiger partial charge is 0.321 e. The molecule has 3 aromatic rings. The van der Waals surface area contributed by atoms with Gasteiger partial charge in [0, 0.05) is 43.7 Å². The molecule has 4 rings (SSSR count). The van der Waals surface area contributed by atoms with Gasteiger partial charge in [-0.2, -0.15) is 4.98 Å². The van der Waals surface area contributed by atoms with Gasteiger partial charge in [0.25, 0.3) is 0 Å². The molecule has 0 unspecified atom stereocenters. The standard InChI is InChI=1S/C22H24N6O4/c1-31-14-19(29)24-16-5-7-17(8-6-16)25-22(30)28-12-9-15(10-13-28)21-26-20(27-32-21)18-4-2-3-11-23-18/h2-8,11,15H,9-10,12-14H2,1H3,(H,24,29)(H,25,30). The zero-order valence-corrected chi connectivity index (χ0v) is 17.7. The van der Waals surface area contributed by atoms with Crippen molar-refractivity contribution in [3.05, 3.63) is 54.6 Å². The number of hydrogen-bond acceptors (Lipinski definition) is 7. The molecule has 0 bridgehead atoms. The Morgan fingerprint density at radius 3 is 2.47 bits per heavy atom. The van der Waals surface area contributed by atoms with Crippen molar-refractivity contribution in [2.75, 3.05) is 37.4 Å². The minimum Gasteiger partial charge on any atom is -0.375 e. The molecule has 1 aliphatic rings. The van der Waals surface area contributed by atoms with Crippen LogP contribution in [0.1, 0.15) is 24.7 Å². The Morgan fingerprint density at radius 1 is 1.09 bits per heavy atom. The van der Waals surface area contributed by atoms with Gasteiger partial charge in [0.05, 0.1) is 0 Å². The molecule has 10 nitrogen and oxygen atoms in total. The number of nitrogens with zero attached hydrogens (tertiary/aromatic N) is 4. The van der Waals surface area contributed by atoms with Crippen molar-refractivity contribution in [2.24, 2.45) is 0 Å². The SMILES string of the molecule is COCC(=O)Nc1ccc(NC(=O)N2CCC(c3nc(-c4ccccn4)no3)CC2)cc1. The van der Waals surface area contributed by atoms with Gasteiger partial charge < -0.3 is 24.8 Å². The number of ether oxygens (including phenoxy) is 1. The van der Waals surface area contributed by atoms with Gasteiger partial charge in [-0.1, -0.05) is 11.2 Å². The summed E-state index contributed by atoms with van der Waals surface area (Å²) in [6.07, 6.45) is 3.16. The maximum Gasteiger partial charge on any atom is 0.321 e. The first-order valence-electron chi connectivity index (χ1n) is 10.3. The van der Waals surface area contributed by atoms with Gasteiger partial charge >= 0.3 is 6.03 Å². The molecular formula is C22H24N6O4. The van der Waals surface area contributed by atoms with Crippen molar-refractivity contribution in [3.63, 3.8) is 0 Å². The van der Waals surface area contributed by atoms with E-state index in [-0.39, 0.29) is 24.5 Å². The first-order chi connectivity index (χ1) is 15.6. The molecule has 0 saturated carbocycles. The monoisotopic (exact) mass is 436 g/mol. The Balaban J connectivity index is 1.27. The number of likely N-dealkylation sites (tertiary alicyclic amines) is 1. The van der Waals surface area contributed by atoms with Crippen LogP contribution in [0.2, 0.25) is 0 Å². The third-order valence-electron chi connectivity index (χ3n) is 5.16. The summed E-state index contributed by atoms with van der Waals surface area (Å²) < 4.78 is 10.2. The zero-order valence-electron chi connectivity index (χ0n) is 17.7. The highest BCUT2D eigenvalue weighted by Crippen LogP contribution is 2.28. The van der Waals surface area contributed by atoms with Crippen molar-refractivity contribution >= 4 is 23.3 Å². The topological polar surface area (TPSA) is 122 Å². The number of pyridine rings is 1. The van der Waals surface area contributed by atoms with E-state index in [0.717, 1.165) is 12.8 Å². The number of hydrogen-bond donors (Lipinski definition) is 2. The summed E-state index contributed by atoms with van der Waals surface area (Å²) in [5.41, 5.74) is 1.96. The van der Waals surface area contributed by atoms with Gasteiger partial charge in [-0.15, -0.1) is 0 Å². The second kappa shape index (κ2) is 10.0. The number of rotatable bonds is 6. The van der Waals surface area contributed by atoms with Gasteiger partial charge in [-0.25, -0.2) is 4.79 Å². The van der Waals surface area contributed by atoms with Gasteiger partial charge in [-0.3, -0.25) is 9.78 Å².